The summed E-state index contributed by atoms with van der Waals surface area (Å²) in [6, 6.07) is 16.8. The van der Waals surface area contributed by atoms with E-state index in [1.807, 2.05) is 12.1 Å². The van der Waals surface area contributed by atoms with Crippen LogP contribution in [0.2, 0.25) is 0 Å². The number of rotatable bonds is 8. The van der Waals surface area contributed by atoms with E-state index >= 15 is 0 Å². The van der Waals surface area contributed by atoms with Gasteiger partial charge in [0.25, 0.3) is 0 Å². The van der Waals surface area contributed by atoms with E-state index in [0.717, 1.165) is 81.7 Å². The second-order valence-corrected chi connectivity index (χ2v) is 13.7. The summed E-state index contributed by atoms with van der Waals surface area (Å²) in [5.41, 5.74) is 4.95. The van der Waals surface area contributed by atoms with Gasteiger partial charge in [-0.15, -0.1) is 0 Å². The maximum atomic E-state index is 14.3. The first-order valence-electron chi connectivity index (χ1n) is 15.9. The number of carbonyl (C=O) groups is 2. The van der Waals surface area contributed by atoms with Gasteiger partial charge in [-0.1, -0.05) is 44.9 Å². The van der Waals surface area contributed by atoms with Gasteiger partial charge in [0, 0.05) is 53.5 Å². The number of carbonyl (C=O) groups excluding carboxylic acids is 2. The van der Waals surface area contributed by atoms with Crippen molar-refractivity contribution in [2.24, 2.45) is 11.3 Å². The molecule has 7 nitrogen and oxygen atoms in total. The number of nitrogens with zero attached hydrogens (tertiary/aromatic N) is 2. The molecule has 0 bridgehead atoms. The summed E-state index contributed by atoms with van der Waals surface area (Å²) in [7, 11) is 0. The lowest BCUT2D eigenvalue weighted by Crippen LogP contribution is -2.58. The van der Waals surface area contributed by atoms with E-state index in [1.54, 1.807) is 0 Å². The molecule has 4 fully saturated rings. The first kappa shape index (κ1) is 27.5. The standard InChI is InChI=1S/C35H44N4O3/c1-23-31(27-8-4-5-9-29(27)36-23)32-28(34(32,2)3)22-30(40)39(26-14-15-26)35(16-6-7-17-35)33(41)37-24-10-12-25(13-11-24)38-18-20-42-21-19-38/h4-5,8-13,26,28,32,36H,6-7,14-22H2,1-3H3,(H,37,41)/t28-,32+/m1/s1. The lowest BCUT2D eigenvalue weighted by atomic mass is 9.91. The van der Waals surface area contributed by atoms with Crippen LogP contribution in [0.3, 0.4) is 0 Å². The Labute approximate surface area is 249 Å². The van der Waals surface area contributed by atoms with Gasteiger partial charge in [0.05, 0.1) is 13.2 Å². The molecule has 1 aliphatic heterocycles. The molecule has 3 saturated carbocycles. The Morgan fingerprint density at radius 1 is 1.02 bits per heavy atom. The summed E-state index contributed by atoms with van der Waals surface area (Å²) in [6.07, 6.45) is 5.93. The molecule has 7 heteroatoms. The highest BCUT2D eigenvalue weighted by molar-refractivity contribution is 6.01. The van der Waals surface area contributed by atoms with Crippen LogP contribution in [0.4, 0.5) is 11.4 Å². The Morgan fingerprint density at radius 3 is 2.40 bits per heavy atom. The number of hydrogen-bond donors (Lipinski definition) is 2. The highest BCUT2D eigenvalue weighted by Crippen LogP contribution is 2.67. The molecule has 2 N–H and O–H groups in total. The molecule has 3 aliphatic carbocycles. The van der Waals surface area contributed by atoms with Gasteiger partial charge in [0.1, 0.15) is 5.54 Å². The van der Waals surface area contributed by atoms with Crippen LogP contribution in [0, 0.1) is 18.3 Å². The molecule has 2 heterocycles. The van der Waals surface area contributed by atoms with Crippen LogP contribution in [0.5, 0.6) is 0 Å². The molecule has 42 heavy (non-hydrogen) atoms. The van der Waals surface area contributed by atoms with Gasteiger partial charge in [-0.2, -0.15) is 0 Å². The fourth-order valence-corrected chi connectivity index (χ4v) is 8.17. The molecule has 0 spiro atoms. The van der Waals surface area contributed by atoms with Gasteiger partial charge in [-0.3, -0.25) is 9.59 Å². The Balaban J connectivity index is 1.10. The van der Waals surface area contributed by atoms with Crippen molar-refractivity contribution in [3.8, 4) is 0 Å². The molecule has 0 unspecified atom stereocenters. The Morgan fingerprint density at radius 2 is 1.71 bits per heavy atom. The third-order valence-corrected chi connectivity index (χ3v) is 10.7. The number of aromatic nitrogens is 1. The van der Waals surface area contributed by atoms with E-state index in [9.17, 15) is 9.59 Å². The third kappa shape index (κ3) is 4.70. The van der Waals surface area contributed by atoms with Gasteiger partial charge in [-0.25, -0.2) is 0 Å². The maximum absolute atomic E-state index is 14.3. The zero-order chi connectivity index (χ0) is 29.1. The van der Waals surface area contributed by atoms with Gasteiger partial charge in [-0.05, 0) is 85.8 Å². The zero-order valence-electron chi connectivity index (χ0n) is 25.2. The van der Waals surface area contributed by atoms with Crippen molar-refractivity contribution in [2.45, 2.75) is 83.2 Å². The maximum Gasteiger partial charge on any atom is 0.250 e. The zero-order valence-corrected chi connectivity index (χ0v) is 25.2. The van der Waals surface area contributed by atoms with Crippen LogP contribution in [-0.4, -0.2) is 59.6 Å². The van der Waals surface area contributed by atoms with Gasteiger partial charge >= 0.3 is 0 Å². The quantitative estimate of drug-likeness (QED) is 0.330. The monoisotopic (exact) mass is 568 g/mol. The second-order valence-electron chi connectivity index (χ2n) is 13.7. The van der Waals surface area contributed by atoms with E-state index in [1.165, 1.54) is 16.6 Å². The highest BCUT2D eigenvalue weighted by Gasteiger charge is 2.61. The smallest absolute Gasteiger partial charge is 0.250 e. The topological polar surface area (TPSA) is 77.7 Å². The number of nitrogens with one attached hydrogen (secondary N) is 2. The van der Waals surface area contributed by atoms with Crippen molar-refractivity contribution in [1.29, 1.82) is 0 Å². The summed E-state index contributed by atoms with van der Waals surface area (Å²) in [4.78, 5) is 36.4. The van der Waals surface area contributed by atoms with E-state index in [4.69, 9.17) is 4.74 Å². The van der Waals surface area contributed by atoms with Gasteiger partial charge < -0.3 is 24.8 Å². The average molecular weight is 569 g/mol. The number of para-hydroxylation sites is 1. The lowest BCUT2D eigenvalue weighted by molar-refractivity contribution is -0.146. The largest absolute Gasteiger partial charge is 0.378 e. The minimum Gasteiger partial charge on any atom is -0.378 e. The number of hydrogen-bond acceptors (Lipinski definition) is 4. The number of anilines is 2. The Hall–Kier alpha value is -3.32. The number of morpholine rings is 1. The van der Waals surface area contributed by atoms with Gasteiger partial charge in [0.2, 0.25) is 11.8 Å². The van der Waals surface area contributed by atoms with Crippen molar-refractivity contribution < 1.29 is 14.3 Å². The molecule has 2 atom stereocenters. The third-order valence-electron chi connectivity index (χ3n) is 10.7. The number of benzene rings is 2. The summed E-state index contributed by atoms with van der Waals surface area (Å²) < 4.78 is 5.49. The molecule has 2 amide bonds. The number of ether oxygens (including phenoxy) is 1. The molecule has 1 saturated heterocycles. The molecule has 0 radical (unpaired) electrons. The molecular formula is C35H44N4O3. The van der Waals surface area contributed by atoms with Crippen molar-refractivity contribution in [3.05, 3.63) is 59.8 Å². The number of fused-ring (bicyclic) bond motifs is 1. The molecule has 4 aliphatic rings. The van der Waals surface area contributed by atoms with Crippen LogP contribution in [0.25, 0.3) is 10.9 Å². The fourth-order valence-electron chi connectivity index (χ4n) is 8.17. The SMILES string of the molecule is Cc1[nH]c2ccccc2c1[C@@H]1[C@@H](CC(=O)N(C2CC2)C2(C(=O)Nc3ccc(N4CCOCC4)cc3)CCCC2)C1(C)C. The van der Waals surface area contributed by atoms with Crippen LogP contribution in [0.15, 0.2) is 48.5 Å². The summed E-state index contributed by atoms with van der Waals surface area (Å²) >= 11 is 0. The molecule has 7 rings (SSSR count). The average Bonchev–Trinajstić information content (AvgIpc) is 3.78. The van der Waals surface area contributed by atoms with Crippen molar-refractivity contribution in [2.75, 3.05) is 36.5 Å². The van der Waals surface area contributed by atoms with E-state index in [2.05, 4.69) is 77.3 Å². The van der Waals surface area contributed by atoms with Crippen molar-refractivity contribution in [1.82, 2.24) is 9.88 Å². The van der Waals surface area contributed by atoms with Crippen LogP contribution in [-0.2, 0) is 14.3 Å². The Kier molecular flexibility index (Phi) is 6.84. The number of aromatic amines is 1. The van der Waals surface area contributed by atoms with Crippen LogP contribution < -0.4 is 10.2 Å². The lowest BCUT2D eigenvalue weighted by Gasteiger charge is -2.40. The minimum absolute atomic E-state index is 0.0153. The second kappa shape index (κ2) is 10.4. The molecule has 222 valence electrons. The predicted octanol–water partition coefficient (Wildman–Crippen LogP) is 6.39. The van der Waals surface area contributed by atoms with E-state index in [-0.39, 0.29) is 29.2 Å². The summed E-state index contributed by atoms with van der Waals surface area (Å²) in [6.45, 7) is 10.0. The molecule has 2 aromatic carbocycles. The predicted molar refractivity (Wildman–Crippen MR) is 167 cm³/mol. The van der Waals surface area contributed by atoms with Crippen LogP contribution in [0.1, 0.15) is 76.0 Å². The number of amides is 2. The first-order chi connectivity index (χ1) is 20.3. The fraction of sp³-hybridized carbons (Fsp3) is 0.543. The molecule has 1 aromatic heterocycles. The Bertz CT molecular complexity index is 1480. The first-order valence-corrected chi connectivity index (χ1v) is 15.9. The number of aryl methyl sites for hydroxylation is 1. The summed E-state index contributed by atoms with van der Waals surface area (Å²) in [5, 5.41) is 4.51. The molecular weight excluding hydrogens is 524 g/mol. The van der Waals surface area contributed by atoms with E-state index < -0.39 is 5.54 Å². The molecule has 3 aromatic rings. The van der Waals surface area contributed by atoms with E-state index in [0.29, 0.717) is 12.3 Å². The number of H-pyrrole nitrogens is 1. The van der Waals surface area contributed by atoms with Crippen molar-refractivity contribution >= 4 is 34.1 Å². The normalized spacial score (nSPS) is 24.5. The van der Waals surface area contributed by atoms with Gasteiger partial charge in [0.15, 0.2) is 0 Å². The van der Waals surface area contributed by atoms with Crippen LogP contribution >= 0.6 is 0 Å². The van der Waals surface area contributed by atoms with Crippen molar-refractivity contribution in [3.63, 3.8) is 0 Å². The highest BCUT2D eigenvalue weighted by atomic mass is 16.5. The minimum atomic E-state index is -0.758. The summed E-state index contributed by atoms with van der Waals surface area (Å²) in [5.74, 6) is 0.740.